The van der Waals surface area contributed by atoms with Gasteiger partial charge >= 0.3 is 0 Å². The first-order valence-electron chi connectivity index (χ1n) is 6.27. The molecule has 1 aliphatic rings. The van der Waals surface area contributed by atoms with Crippen LogP contribution in [-0.4, -0.2) is 26.6 Å². The molecular formula is C13H16N4O2. The lowest BCUT2D eigenvalue weighted by Gasteiger charge is -2.20. The number of carbonyl (C=O) groups excluding carboxylic acids is 1. The van der Waals surface area contributed by atoms with E-state index in [1.54, 1.807) is 29.1 Å². The average Bonchev–Trinajstić information content (AvgIpc) is 2.97. The number of nitrogens with two attached hydrogens (primary N) is 1. The number of nitrogens with zero attached hydrogens (tertiary/aromatic N) is 3. The van der Waals surface area contributed by atoms with Gasteiger partial charge in [-0.1, -0.05) is 0 Å². The van der Waals surface area contributed by atoms with E-state index in [1.807, 2.05) is 12.1 Å². The highest BCUT2D eigenvalue weighted by Gasteiger charge is 2.35. The molecule has 2 aromatic heterocycles. The molecule has 1 amide bonds. The maximum atomic E-state index is 12.5. The van der Waals surface area contributed by atoms with Gasteiger partial charge in [0, 0.05) is 19.3 Å². The van der Waals surface area contributed by atoms with E-state index < -0.39 is 0 Å². The Bertz CT molecular complexity index is 584. The quantitative estimate of drug-likeness (QED) is 0.901. The van der Waals surface area contributed by atoms with Gasteiger partial charge in [0.1, 0.15) is 5.76 Å². The van der Waals surface area contributed by atoms with E-state index >= 15 is 0 Å². The lowest BCUT2D eigenvalue weighted by atomic mass is 10.3. The van der Waals surface area contributed by atoms with Gasteiger partial charge in [0.2, 0.25) is 0 Å². The van der Waals surface area contributed by atoms with Crippen molar-refractivity contribution in [2.75, 3.05) is 5.73 Å². The Morgan fingerprint density at radius 2 is 2.42 bits per heavy atom. The molecule has 19 heavy (non-hydrogen) atoms. The third-order valence-electron chi connectivity index (χ3n) is 3.21. The Hall–Kier alpha value is -2.24. The molecule has 1 aliphatic carbocycles. The fourth-order valence-electron chi connectivity index (χ4n) is 2.13. The molecule has 0 unspecified atom stereocenters. The highest BCUT2D eigenvalue weighted by molar-refractivity contribution is 5.97. The van der Waals surface area contributed by atoms with Crippen LogP contribution in [0.2, 0.25) is 0 Å². The number of amides is 1. The average molecular weight is 260 g/mol. The Kier molecular flexibility index (Phi) is 2.77. The number of furan rings is 1. The Morgan fingerprint density at radius 1 is 1.63 bits per heavy atom. The minimum atomic E-state index is -0.128. The van der Waals surface area contributed by atoms with Crippen LogP contribution in [0, 0.1) is 0 Å². The zero-order valence-electron chi connectivity index (χ0n) is 10.7. The van der Waals surface area contributed by atoms with Crippen molar-refractivity contribution in [2.45, 2.75) is 25.4 Å². The van der Waals surface area contributed by atoms with Crippen molar-refractivity contribution in [3.8, 4) is 0 Å². The molecule has 3 rings (SSSR count). The van der Waals surface area contributed by atoms with Crippen LogP contribution >= 0.6 is 0 Å². The van der Waals surface area contributed by atoms with Crippen molar-refractivity contribution in [1.82, 2.24) is 14.7 Å². The number of rotatable bonds is 4. The molecule has 6 heteroatoms. The third kappa shape index (κ3) is 2.33. The molecule has 0 radical (unpaired) electrons. The summed E-state index contributed by atoms with van der Waals surface area (Å²) < 4.78 is 6.87. The van der Waals surface area contributed by atoms with Crippen molar-refractivity contribution in [3.63, 3.8) is 0 Å². The fourth-order valence-corrected chi connectivity index (χ4v) is 2.13. The summed E-state index contributed by atoms with van der Waals surface area (Å²) >= 11 is 0. The van der Waals surface area contributed by atoms with Gasteiger partial charge in [-0.15, -0.1) is 0 Å². The van der Waals surface area contributed by atoms with Gasteiger partial charge in [0.25, 0.3) is 5.91 Å². The number of carbonyl (C=O) groups is 1. The molecular weight excluding hydrogens is 244 g/mol. The van der Waals surface area contributed by atoms with E-state index in [2.05, 4.69) is 5.10 Å². The van der Waals surface area contributed by atoms with E-state index in [4.69, 9.17) is 10.2 Å². The molecule has 0 saturated heterocycles. The number of nitrogen functional groups attached to an aromatic ring is 1. The zero-order valence-corrected chi connectivity index (χ0v) is 10.7. The monoisotopic (exact) mass is 260 g/mol. The summed E-state index contributed by atoms with van der Waals surface area (Å²) in [5, 5.41) is 4.14. The van der Waals surface area contributed by atoms with Crippen LogP contribution in [0.4, 0.5) is 5.69 Å². The van der Waals surface area contributed by atoms with Gasteiger partial charge < -0.3 is 15.1 Å². The summed E-state index contributed by atoms with van der Waals surface area (Å²) in [7, 11) is 1.75. The predicted molar refractivity (Wildman–Crippen MR) is 69.2 cm³/mol. The molecule has 0 aliphatic heterocycles. The van der Waals surface area contributed by atoms with E-state index in [9.17, 15) is 4.79 Å². The minimum Gasteiger partial charge on any atom is -0.467 e. The number of hydrogen-bond acceptors (Lipinski definition) is 4. The van der Waals surface area contributed by atoms with Gasteiger partial charge in [0.15, 0.2) is 5.69 Å². The van der Waals surface area contributed by atoms with Crippen molar-refractivity contribution >= 4 is 11.6 Å². The normalized spacial score (nSPS) is 14.6. The van der Waals surface area contributed by atoms with Crippen molar-refractivity contribution in [2.24, 2.45) is 7.05 Å². The van der Waals surface area contributed by atoms with Gasteiger partial charge in [-0.2, -0.15) is 5.10 Å². The predicted octanol–water partition coefficient (Wildman–Crippen LogP) is 1.40. The Balaban J connectivity index is 1.84. The maximum Gasteiger partial charge on any atom is 0.277 e. The van der Waals surface area contributed by atoms with Crippen LogP contribution in [0.1, 0.15) is 29.1 Å². The third-order valence-corrected chi connectivity index (χ3v) is 3.21. The summed E-state index contributed by atoms with van der Waals surface area (Å²) in [5.41, 5.74) is 6.55. The van der Waals surface area contributed by atoms with Crippen molar-refractivity contribution in [3.05, 3.63) is 36.0 Å². The first-order valence-corrected chi connectivity index (χ1v) is 6.27. The van der Waals surface area contributed by atoms with Crippen LogP contribution in [0.3, 0.4) is 0 Å². The lowest BCUT2D eigenvalue weighted by molar-refractivity contribution is 0.0712. The van der Waals surface area contributed by atoms with Crippen LogP contribution in [0.15, 0.2) is 29.0 Å². The summed E-state index contributed by atoms with van der Waals surface area (Å²) in [6.45, 7) is 0.465. The maximum absolute atomic E-state index is 12.5. The standard InChI is InChI=1S/C13H16N4O2/c1-16-8-11(14)12(15-16)13(18)17(9-4-5-9)7-10-3-2-6-19-10/h2-3,6,8-9H,4-5,7,14H2,1H3. The number of aryl methyl sites for hydroxylation is 1. The topological polar surface area (TPSA) is 77.3 Å². The molecule has 1 saturated carbocycles. The molecule has 0 aromatic carbocycles. The molecule has 6 nitrogen and oxygen atoms in total. The van der Waals surface area contributed by atoms with Crippen molar-refractivity contribution < 1.29 is 9.21 Å². The second kappa shape index (κ2) is 4.46. The number of hydrogen-bond donors (Lipinski definition) is 1. The van der Waals surface area contributed by atoms with Gasteiger partial charge in [-0.3, -0.25) is 9.48 Å². The van der Waals surface area contributed by atoms with Crippen LogP contribution < -0.4 is 5.73 Å². The molecule has 2 N–H and O–H groups in total. The molecule has 0 atom stereocenters. The lowest BCUT2D eigenvalue weighted by Crippen LogP contribution is -2.33. The smallest absolute Gasteiger partial charge is 0.277 e. The highest BCUT2D eigenvalue weighted by atomic mass is 16.3. The van der Waals surface area contributed by atoms with E-state index in [1.165, 1.54) is 0 Å². The van der Waals surface area contributed by atoms with Gasteiger partial charge in [0.05, 0.1) is 18.5 Å². The largest absolute Gasteiger partial charge is 0.467 e. The van der Waals surface area contributed by atoms with Gasteiger partial charge in [-0.25, -0.2) is 0 Å². The number of anilines is 1. The van der Waals surface area contributed by atoms with Crippen LogP contribution in [-0.2, 0) is 13.6 Å². The summed E-state index contributed by atoms with van der Waals surface area (Å²) in [6.07, 6.45) is 5.31. The van der Waals surface area contributed by atoms with E-state index in [-0.39, 0.29) is 11.9 Å². The highest BCUT2D eigenvalue weighted by Crippen LogP contribution is 2.30. The van der Waals surface area contributed by atoms with Crippen LogP contribution in [0.25, 0.3) is 0 Å². The second-order valence-corrected chi connectivity index (χ2v) is 4.85. The second-order valence-electron chi connectivity index (χ2n) is 4.85. The Morgan fingerprint density at radius 3 is 2.95 bits per heavy atom. The van der Waals surface area contributed by atoms with E-state index in [0.717, 1.165) is 18.6 Å². The zero-order chi connectivity index (χ0) is 13.4. The summed E-state index contributed by atoms with van der Waals surface area (Å²) in [5.74, 6) is 0.645. The minimum absolute atomic E-state index is 0.128. The van der Waals surface area contributed by atoms with Gasteiger partial charge in [-0.05, 0) is 25.0 Å². The molecule has 0 spiro atoms. The molecule has 0 bridgehead atoms. The molecule has 2 heterocycles. The summed E-state index contributed by atoms with van der Waals surface area (Å²) in [4.78, 5) is 14.3. The first kappa shape index (κ1) is 11.8. The first-order chi connectivity index (χ1) is 9.15. The van der Waals surface area contributed by atoms with E-state index in [0.29, 0.717) is 17.9 Å². The molecule has 100 valence electrons. The van der Waals surface area contributed by atoms with Crippen molar-refractivity contribution in [1.29, 1.82) is 0 Å². The SMILES string of the molecule is Cn1cc(N)c(C(=O)N(Cc2ccco2)C2CC2)n1. The fraction of sp³-hybridized carbons (Fsp3) is 0.385. The molecule has 1 fully saturated rings. The summed E-state index contributed by atoms with van der Waals surface area (Å²) in [6, 6.07) is 3.96. The number of aromatic nitrogens is 2. The Labute approximate surface area is 110 Å². The molecule has 2 aromatic rings. The van der Waals surface area contributed by atoms with Crippen LogP contribution in [0.5, 0.6) is 0 Å².